The second-order valence-electron chi connectivity index (χ2n) is 4.37. The lowest BCUT2D eigenvalue weighted by molar-refractivity contribution is -0.384. The number of carboxylic acid groups (broad SMARTS) is 1. The maximum absolute atomic E-state index is 12.5. The van der Waals surface area contributed by atoms with Gasteiger partial charge in [0.05, 0.1) is 16.1 Å². The Hall–Kier alpha value is -2.90. The van der Waals surface area contributed by atoms with E-state index < -0.39 is 22.6 Å². The molecule has 0 heterocycles. The minimum Gasteiger partial charge on any atom is -0.478 e. The lowest BCUT2D eigenvalue weighted by atomic mass is 9.98. The highest BCUT2D eigenvalue weighted by atomic mass is 19.4. The highest BCUT2D eigenvalue weighted by Gasteiger charge is 2.30. The molecular weight excluding hydrogens is 303 g/mol. The van der Waals surface area contributed by atoms with Gasteiger partial charge in [-0.25, -0.2) is 4.79 Å². The van der Waals surface area contributed by atoms with Crippen LogP contribution in [0.15, 0.2) is 42.5 Å². The third-order valence-electron chi connectivity index (χ3n) is 2.97. The molecule has 0 aliphatic carbocycles. The smallest absolute Gasteiger partial charge is 0.416 e. The summed E-state index contributed by atoms with van der Waals surface area (Å²) in [4.78, 5) is 21.2. The van der Waals surface area contributed by atoms with Crippen LogP contribution in [0.2, 0.25) is 0 Å². The van der Waals surface area contributed by atoms with Crippen molar-refractivity contribution in [3.8, 4) is 11.1 Å². The Morgan fingerprint density at radius 3 is 2.14 bits per heavy atom. The van der Waals surface area contributed by atoms with E-state index in [4.69, 9.17) is 5.11 Å². The van der Waals surface area contributed by atoms with E-state index in [1.54, 1.807) is 0 Å². The fourth-order valence-corrected chi connectivity index (χ4v) is 1.91. The summed E-state index contributed by atoms with van der Waals surface area (Å²) < 4.78 is 37.5. The zero-order valence-electron chi connectivity index (χ0n) is 10.8. The van der Waals surface area contributed by atoms with Gasteiger partial charge < -0.3 is 5.11 Å². The molecule has 114 valence electrons. The summed E-state index contributed by atoms with van der Waals surface area (Å²) in [6.07, 6.45) is -4.52. The van der Waals surface area contributed by atoms with E-state index >= 15 is 0 Å². The van der Waals surface area contributed by atoms with Gasteiger partial charge in [0.2, 0.25) is 0 Å². The molecule has 0 amide bonds. The van der Waals surface area contributed by atoms with Gasteiger partial charge in [-0.1, -0.05) is 12.1 Å². The number of aromatic carboxylic acids is 1. The fraction of sp³-hybridized carbons (Fsp3) is 0.0714. The fourth-order valence-electron chi connectivity index (χ4n) is 1.91. The van der Waals surface area contributed by atoms with Gasteiger partial charge in [0.15, 0.2) is 0 Å². The second-order valence-corrected chi connectivity index (χ2v) is 4.37. The van der Waals surface area contributed by atoms with Crippen LogP contribution < -0.4 is 0 Å². The van der Waals surface area contributed by atoms with Crippen molar-refractivity contribution in [2.75, 3.05) is 0 Å². The SMILES string of the molecule is O=C(O)c1ccc([N+](=O)[O-])cc1-c1ccc(C(F)(F)F)cc1. The van der Waals surface area contributed by atoms with Crippen molar-refractivity contribution >= 4 is 11.7 Å². The molecule has 2 rings (SSSR count). The summed E-state index contributed by atoms with van der Waals surface area (Å²) in [5.41, 5.74) is -1.34. The van der Waals surface area contributed by atoms with Gasteiger partial charge in [0.25, 0.3) is 5.69 Å². The van der Waals surface area contributed by atoms with Crippen LogP contribution in [0.25, 0.3) is 11.1 Å². The molecule has 5 nitrogen and oxygen atoms in total. The van der Waals surface area contributed by atoms with E-state index in [2.05, 4.69) is 0 Å². The topological polar surface area (TPSA) is 80.4 Å². The molecule has 0 atom stereocenters. The largest absolute Gasteiger partial charge is 0.478 e. The Labute approximate surface area is 121 Å². The van der Waals surface area contributed by atoms with E-state index in [0.717, 1.165) is 42.5 Å². The molecule has 0 spiro atoms. The minimum atomic E-state index is -4.52. The first-order valence-electron chi connectivity index (χ1n) is 5.89. The number of halogens is 3. The Morgan fingerprint density at radius 2 is 1.68 bits per heavy atom. The zero-order valence-corrected chi connectivity index (χ0v) is 10.8. The number of nitro benzene ring substituents is 1. The molecule has 0 aliphatic rings. The Balaban J connectivity index is 2.57. The van der Waals surface area contributed by atoms with Crippen LogP contribution in [0.1, 0.15) is 15.9 Å². The maximum atomic E-state index is 12.5. The zero-order chi connectivity index (χ0) is 16.5. The van der Waals surface area contributed by atoms with Gasteiger partial charge in [0, 0.05) is 17.7 Å². The molecule has 0 saturated carbocycles. The number of benzene rings is 2. The Kier molecular flexibility index (Phi) is 3.85. The number of rotatable bonds is 3. The monoisotopic (exact) mass is 311 g/mol. The van der Waals surface area contributed by atoms with Gasteiger partial charge in [-0.3, -0.25) is 10.1 Å². The number of non-ortho nitro benzene ring substituents is 1. The highest BCUT2D eigenvalue weighted by molar-refractivity contribution is 5.96. The van der Waals surface area contributed by atoms with E-state index in [1.165, 1.54) is 0 Å². The molecule has 0 aliphatic heterocycles. The summed E-state index contributed by atoms with van der Waals surface area (Å²) in [6.45, 7) is 0. The second kappa shape index (κ2) is 5.47. The molecule has 0 fully saturated rings. The van der Waals surface area contributed by atoms with Gasteiger partial charge in [-0.2, -0.15) is 13.2 Å². The summed E-state index contributed by atoms with van der Waals surface area (Å²) >= 11 is 0. The molecule has 2 aromatic carbocycles. The molecule has 8 heteroatoms. The van der Waals surface area contributed by atoms with Gasteiger partial charge >= 0.3 is 12.1 Å². The molecule has 0 bridgehead atoms. The summed E-state index contributed by atoms with van der Waals surface area (Å²) in [5, 5.41) is 19.9. The number of nitrogens with zero attached hydrogens (tertiary/aromatic N) is 1. The van der Waals surface area contributed by atoms with Crippen LogP contribution in [0.4, 0.5) is 18.9 Å². The quantitative estimate of drug-likeness (QED) is 0.686. The lowest BCUT2D eigenvalue weighted by Crippen LogP contribution is -2.05. The molecule has 0 unspecified atom stereocenters. The minimum absolute atomic E-state index is 0.0181. The van der Waals surface area contributed by atoms with Crippen LogP contribution in [-0.4, -0.2) is 16.0 Å². The van der Waals surface area contributed by atoms with Crippen LogP contribution in [-0.2, 0) is 6.18 Å². The summed E-state index contributed by atoms with van der Waals surface area (Å²) in [5.74, 6) is -1.33. The first-order valence-corrected chi connectivity index (χ1v) is 5.89. The van der Waals surface area contributed by atoms with Crippen molar-refractivity contribution < 1.29 is 28.0 Å². The van der Waals surface area contributed by atoms with Gasteiger partial charge in [-0.15, -0.1) is 0 Å². The molecule has 22 heavy (non-hydrogen) atoms. The van der Waals surface area contributed by atoms with Crippen LogP contribution >= 0.6 is 0 Å². The highest BCUT2D eigenvalue weighted by Crippen LogP contribution is 2.33. The Bertz CT molecular complexity index is 739. The number of carboxylic acids is 1. The van der Waals surface area contributed by atoms with Crippen molar-refractivity contribution in [1.82, 2.24) is 0 Å². The van der Waals surface area contributed by atoms with Gasteiger partial charge in [-0.05, 0) is 23.8 Å². The number of carbonyl (C=O) groups is 1. The van der Waals surface area contributed by atoms with Crippen molar-refractivity contribution in [3.63, 3.8) is 0 Å². The molecule has 2 aromatic rings. The Morgan fingerprint density at radius 1 is 1.09 bits per heavy atom. The maximum Gasteiger partial charge on any atom is 0.416 e. The number of hydrogen-bond donors (Lipinski definition) is 1. The molecule has 1 N–H and O–H groups in total. The molecule has 0 aromatic heterocycles. The number of hydrogen-bond acceptors (Lipinski definition) is 3. The summed E-state index contributed by atoms with van der Waals surface area (Å²) in [7, 11) is 0. The van der Waals surface area contributed by atoms with Crippen LogP contribution in [0.5, 0.6) is 0 Å². The van der Waals surface area contributed by atoms with Crippen molar-refractivity contribution in [2.45, 2.75) is 6.18 Å². The van der Waals surface area contributed by atoms with E-state index in [9.17, 15) is 28.1 Å². The normalized spacial score (nSPS) is 11.2. The van der Waals surface area contributed by atoms with Crippen molar-refractivity contribution in [1.29, 1.82) is 0 Å². The van der Waals surface area contributed by atoms with Crippen LogP contribution in [0.3, 0.4) is 0 Å². The average Bonchev–Trinajstić information content (AvgIpc) is 2.45. The third kappa shape index (κ3) is 3.05. The van der Waals surface area contributed by atoms with E-state index in [0.29, 0.717) is 0 Å². The molecule has 0 saturated heterocycles. The van der Waals surface area contributed by atoms with E-state index in [-0.39, 0.29) is 22.4 Å². The third-order valence-corrected chi connectivity index (χ3v) is 2.97. The van der Waals surface area contributed by atoms with Crippen molar-refractivity contribution in [3.05, 3.63) is 63.7 Å². The molecular formula is C14H8F3NO4. The number of nitro groups is 1. The van der Waals surface area contributed by atoms with Gasteiger partial charge in [0.1, 0.15) is 0 Å². The standard InChI is InChI=1S/C14H8F3NO4/c15-14(16,17)9-3-1-8(2-4-9)12-7-10(18(21)22)5-6-11(12)13(19)20/h1-7H,(H,19,20). The first-order chi connectivity index (χ1) is 10.2. The average molecular weight is 311 g/mol. The van der Waals surface area contributed by atoms with Crippen molar-refractivity contribution in [2.24, 2.45) is 0 Å². The predicted molar refractivity (Wildman–Crippen MR) is 70.5 cm³/mol. The van der Waals surface area contributed by atoms with E-state index in [1.807, 2.05) is 0 Å². The summed E-state index contributed by atoms with van der Waals surface area (Å²) in [6, 6.07) is 6.83. The predicted octanol–water partition coefficient (Wildman–Crippen LogP) is 3.98. The lowest BCUT2D eigenvalue weighted by Gasteiger charge is -2.09. The number of alkyl halides is 3. The molecule has 0 radical (unpaired) electrons. The first kappa shape index (κ1) is 15.5. The van der Waals surface area contributed by atoms with Crippen LogP contribution in [0, 0.1) is 10.1 Å².